The Morgan fingerprint density at radius 3 is 2.56 bits per heavy atom. The molecule has 0 aromatic heterocycles. The molecule has 0 unspecified atom stereocenters. The highest BCUT2D eigenvalue weighted by Gasteiger charge is 2.39. The van der Waals surface area contributed by atoms with Crippen LogP contribution in [0.25, 0.3) is 0 Å². The molecule has 146 valence electrons. The summed E-state index contributed by atoms with van der Waals surface area (Å²) in [6, 6.07) is 8.52. The van der Waals surface area contributed by atoms with Crippen molar-refractivity contribution in [2.45, 2.75) is 46.1 Å². The molecule has 1 aliphatic heterocycles. The first-order valence-corrected chi connectivity index (χ1v) is 9.73. The van der Waals surface area contributed by atoms with Crippen LogP contribution in [-0.2, 0) is 14.3 Å². The molecule has 1 saturated heterocycles. The summed E-state index contributed by atoms with van der Waals surface area (Å²) < 4.78 is 5.73. The van der Waals surface area contributed by atoms with Crippen LogP contribution < -0.4 is 4.90 Å². The monoisotopic (exact) mass is 372 g/mol. The second-order valence-electron chi connectivity index (χ2n) is 8.04. The molecule has 0 N–H and O–H groups in total. The fraction of sp³-hybridized carbons (Fsp3) is 0.571. The summed E-state index contributed by atoms with van der Waals surface area (Å²) >= 11 is 0. The molecule has 1 saturated carbocycles. The highest BCUT2D eigenvalue weighted by Crippen LogP contribution is 2.35. The largest absolute Gasteiger partial charge is 0.461 e. The van der Waals surface area contributed by atoms with Gasteiger partial charge in [-0.15, -0.1) is 0 Å². The number of nitrogens with zero attached hydrogens (tertiary/aromatic N) is 2. The van der Waals surface area contributed by atoms with Crippen molar-refractivity contribution in [2.24, 2.45) is 17.8 Å². The summed E-state index contributed by atoms with van der Waals surface area (Å²) in [6.07, 6.45) is 2.89. The molecule has 3 rings (SSSR count). The second kappa shape index (κ2) is 8.11. The van der Waals surface area contributed by atoms with Gasteiger partial charge in [-0.3, -0.25) is 19.4 Å². The first kappa shape index (κ1) is 19.4. The molecular formula is C21H28N2O4. The maximum Gasteiger partial charge on any atom is 0.332 e. The Morgan fingerprint density at radius 1 is 1.19 bits per heavy atom. The molecule has 27 heavy (non-hydrogen) atoms. The Balaban J connectivity index is 1.63. The van der Waals surface area contributed by atoms with Crippen LogP contribution in [0.15, 0.2) is 30.3 Å². The van der Waals surface area contributed by atoms with E-state index in [9.17, 15) is 14.4 Å². The number of para-hydroxylation sites is 1. The number of benzene rings is 1. The molecule has 3 atom stereocenters. The van der Waals surface area contributed by atoms with Gasteiger partial charge in [0.25, 0.3) is 5.91 Å². The molecule has 2 aliphatic rings. The lowest BCUT2D eigenvalue weighted by Crippen LogP contribution is -2.41. The number of urea groups is 1. The molecule has 0 radical (unpaired) electrons. The highest BCUT2D eigenvalue weighted by atomic mass is 16.5. The predicted octanol–water partition coefficient (Wildman–Crippen LogP) is 3.46. The number of carbonyl (C=O) groups excluding carboxylic acids is 3. The van der Waals surface area contributed by atoms with Gasteiger partial charge < -0.3 is 4.74 Å². The van der Waals surface area contributed by atoms with E-state index < -0.39 is 12.0 Å². The number of hydrogen-bond donors (Lipinski definition) is 0. The smallest absolute Gasteiger partial charge is 0.332 e. The van der Waals surface area contributed by atoms with E-state index in [1.165, 1.54) is 4.90 Å². The Morgan fingerprint density at radius 2 is 1.89 bits per heavy atom. The minimum atomic E-state index is -0.503. The van der Waals surface area contributed by atoms with Crippen LogP contribution in [0.1, 0.15) is 40.0 Å². The van der Waals surface area contributed by atoms with Gasteiger partial charge in [-0.2, -0.15) is 0 Å². The highest BCUT2D eigenvalue weighted by molar-refractivity contribution is 6.13. The number of ether oxygens (including phenoxy) is 1. The summed E-state index contributed by atoms with van der Waals surface area (Å²) in [5.74, 6) is 0.394. The van der Waals surface area contributed by atoms with E-state index in [4.69, 9.17) is 4.74 Å². The van der Waals surface area contributed by atoms with Crippen LogP contribution in [0, 0.1) is 17.8 Å². The van der Waals surface area contributed by atoms with Crippen molar-refractivity contribution >= 4 is 23.6 Å². The number of esters is 1. The van der Waals surface area contributed by atoms with Gasteiger partial charge in [0.15, 0.2) is 0 Å². The Labute approximate surface area is 160 Å². The molecule has 2 fully saturated rings. The Kier molecular flexibility index (Phi) is 5.82. The summed E-state index contributed by atoms with van der Waals surface area (Å²) in [6.45, 7) is 6.09. The minimum Gasteiger partial charge on any atom is -0.461 e. The van der Waals surface area contributed by atoms with E-state index in [0.717, 1.165) is 24.2 Å². The van der Waals surface area contributed by atoms with Gasteiger partial charge in [-0.05, 0) is 42.7 Å². The molecule has 1 heterocycles. The third-order valence-corrected chi connectivity index (χ3v) is 5.66. The van der Waals surface area contributed by atoms with Gasteiger partial charge in [-0.25, -0.2) is 4.79 Å². The fourth-order valence-corrected chi connectivity index (χ4v) is 4.09. The van der Waals surface area contributed by atoms with Crippen LogP contribution in [0.4, 0.5) is 10.5 Å². The van der Waals surface area contributed by atoms with Crippen LogP contribution in [-0.4, -0.2) is 42.0 Å². The van der Waals surface area contributed by atoms with Crippen molar-refractivity contribution < 1.29 is 19.1 Å². The van der Waals surface area contributed by atoms with Gasteiger partial charge in [0, 0.05) is 5.69 Å². The topological polar surface area (TPSA) is 66.9 Å². The molecule has 1 aromatic rings. The zero-order chi connectivity index (χ0) is 19.6. The van der Waals surface area contributed by atoms with Crippen molar-refractivity contribution in [3.63, 3.8) is 0 Å². The predicted molar refractivity (Wildman–Crippen MR) is 102 cm³/mol. The van der Waals surface area contributed by atoms with E-state index in [-0.39, 0.29) is 25.1 Å². The molecule has 1 aromatic carbocycles. The van der Waals surface area contributed by atoms with Gasteiger partial charge in [-0.1, -0.05) is 45.4 Å². The van der Waals surface area contributed by atoms with E-state index >= 15 is 0 Å². The Bertz CT molecular complexity index is 703. The zero-order valence-electron chi connectivity index (χ0n) is 16.3. The number of anilines is 1. The number of imide groups is 1. The first-order chi connectivity index (χ1) is 12.9. The van der Waals surface area contributed by atoms with E-state index in [2.05, 4.69) is 20.8 Å². The van der Waals surface area contributed by atoms with Gasteiger partial charge >= 0.3 is 12.0 Å². The van der Waals surface area contributed by atoms with Crippen LogP contribution in [0.5, 0.6) is 0 Å². The number of rotatable bonds is 5. The molecule has 0 bridgehead atoms. The average Bonchev–Trinajstić information content (AvgIpc) is 2.90. The van der Waals surface area contributed by atoms with Crippen LogP contribution >= 0.6 is 0 Å². The normalized spacial score (nSPS) is 26.0. The Hall–Kier alpha value is -2.37. The zero-order valence-corrected chi connectivity index (χ0v) is 16.3. The molecule has 3 amide bonds. The number of carbonyl (C=O) groups is 3. The molecule has 1 aliphatic carbocycles. The summed E-state index contributed by atoms with van der Waals surface area (Å²) in [4.78, 5) is 39.7. The third kappa shape index (κ3) is 4.31. The quantitative estimate of drug-likeness (QED) is 0.586. The third-order valence-electron chi connectivity index (χ3n) is 5.66. The van der Waals surface area contributed by atoms with Crippen molar-refractivity contribution in [1.82, 2.24) is 4.90 Å². The van der Waals surface area contributed by atoms with Crippen molar-refractivity contribution in [3.8, 4) is 0 Å². The van der Waals surface area contributed by atoms with Gasteiger partial charge in [0.05, 0.1) is 0 Å². The lowest BCUT2D eigenvalue weighted by Gasteiger charge is -2.36. The summed E-state index contributed by atoms with van der Waals surface area (Å²) in [7, 11) is 0. The van der Waals surface area contributed by atoms with E-state index in [1.54, 1.807) is 24.3 Å². The maximum absolute atomic E-state index is 12.6. The lowest BCUT2D eigenvalue weighted by molar-refractivity contribution is -0.158. The van der Waals surface area contributed by atoms with Crippen molar-refractivity contribution in [2.75, 3.05) is 18.0 Å². The van der Waals surface area contributed by atoms with Crippen LogP contribution in [0.3, 0.4) is 0 Å². The number of amides is 3. The second-order valence-corrected chi connectivity index (χ2v) is 8.04. The van der Waals surface area contributed by atoms with E-state index in [0.29, 0.717) is 23.4 Å². The molecule has 6 heteroatoms. The maximum atomic E-state index is 12.6. The first-order valence-electron chi connectivity index (χ1n) is 9.73. The van der Waals surface area contributed by atoms with Gasteiger partial charge in [0.1, 0.15) is 19.2 Å². The average molecular weight is 372 g/mol. The van der Waals surface area contributed by atoms with E-state index in [1.807, 2.05) is 6.07 Å². The fourth-order valence-electron chi connectivity index (χ4n) is 4.09. The van der Waals surface area contributed by atoms with Crippen molar-refractivity contribution in [1.29, 1.82) is 0 Å². The lowest BCUT2D eigenvalue weighted by atomic mass is 9.75. The van der Waals surface area contributed by atoms with Crippen LogP contribution in [0.2, 0.25) is 0 Å². The summed E-state index contributed by atoms with van der Waals surface area (Å²) in [5.41, 5.74) is 0.646. The standard InChI is InChI=1S/C21H28N2O4/c1-14(2)17-10-9-15(3)11-18(17)27-20(25)13-23-19(24)12-22(21(23)26)16-7-5-4-6-8-16/h4-8,14-15,17-18H,9-13H2,1-3H3/t15-,17+,18-/m1/s1. The molecular weight excluding hydrogens is 344 g/mol. The molecule has 6 nitrogen and oxygen atoms in total. The molecule has 0 spiro atoms. The minimum absolute atomic E-state index is 0.0504. The summed E-state index contributed by atoms with van der Waals surface area (Å²) in [5, 5.41) is 0. The van der Waals surface area contributed by atoms with Gasteiger partial charge in [0.2, 0.25) is 0 Å². The SMILES string of the molecule is CC(C)[C@@H]1CC[C@@H](C)C[C@H]1OC(=O)CN1C(=O)CN(c2ccccc2)C1=O. The number of hydrogen-bond acceptors (Lipinski definition) is 4. The van der Waals surface area contributed by atoms with Crippen molar-refractivity contribution in [3.05, 3.63) is 30.3 Å².